The first-order valence-electron chi connectivity index (χ1n) is 11.6. The Morgan fingerprint density at radius 2 is 1.56 bits per heavy atom. The van der Waals surface area contributed by atoms with E-state index in [-0.39, 0.29) is 17.3 Å². The van der Waals surface area contributed by atoms with E-state index in [9.17, 15) is 18.0 Å². The number of aryl methyl sites for hydroxylation is 1. The molecule has 190 valence electrons. The largest absolute Gasteiger partial charge is 0.357 e. The van der Waals surface area contributed by atoms with Crippen molar-refractivity contribution in [3.8, 4) is 0 Å². The molecule has 3 aromatic carbocycles. The molecule has 0 fully saturated rings. The Balaban J connectivity index is 2.03. The number of amides is 2. The van der Waals surface area contributed by atoms with Gasteiger partial charge < -0.3 is 10.2 Å². The molecule has 0 unspecified atom stereocenters. The van der Waals surface area contributed by atoms with Gasteiger partial charge in [0, 0.05) is 18.6 Å². The Kier molecular flexibility index (Phi) is 9.12. The maximum atomic E-state index is 13.7. The molecule has 0 heterocycles. The number of anilines is 1. The molecule has 0 saturated heterocycles. The van der Waals surface area contributed by atoms with E-state index in [1.54, 1.807) is 61.5 Å². The molecule has 9 heteroatoms. The van der Waals surface area contributed by atoms with E-state index >= 15 is 0 Å². The number of nitrogens with zero attached hydrogens (tertiary/aromatic N) is 2. The Labute approximate surface area is 217 Å². The van der Waals surface area contributed by atoms with Crippen molar-refractivity contribution in [1.82, 2.24) is 10.2 Å². The summed E-state index contributed by atoms with van der Waals surface area (Å²) in [5.74, 6) is -0.912. The number of sulfonamides is 1. The van der Waals surface area contributed by atoms with Gasteiger partial charge in [0.15, 0.2) is 0 Å². The summed E-state index contributed by atoms with van der Waals surface area (Å²) in [4.78, 5) is 27.6. The average molecular weight is 528 g/mol. The van der Waals surface area contributed by atoms with Gasteiger partial charge in [-0.1, -0.05) is 67.1 Å². The molecule has 3 rings (SSSR count). The molecule has 0 bridgehead atoms. The Bertz CT molecular complexity index is 1300. The lowest BCUT2D eigenvalue weighted by Gasteiger charge is -2.32. The van der Waals surface area contributed by atoms with Crippen molar-refractivity contribution >= 4 is 39.1 Å². The third kappa shape index (κ3) is 6.25. The predicted octanol–water partition coefficient (Wildman–Crippen LogP) is 4.26. The van der Waals surface area contributed by atoms with Crippen LogP contribution in [0.3, 0.4) is 0 Å². The van der Waals surface area contributed by atoms with E-state index in [4.69, 9.17) is 11.6 Å². The summed E-state index contributed by atoms with van der Waals surface area (Å²) in [5.41, 5.74) is 2.04. The second-order valence-electron chi connectivity index (χ2n) is 8.25. The average Bonchev–Trinajstić information content (AvgIpc) is 2.90. The summed E-state index contributed by atoms with van der Waals surface area (Å²) in [6, 6.07) is 21.2. The third-order valence-electron chi connectivity index (χ3n) is 5.95. The summed E-state index contributed by atoms with van der Waals surface area (Å²) < 4.78 is 28.4. The number of likely N-dealkylation sites (N-methyl/N-ethyl adjacent to an activating group) is 1. The minimum atomic E-state index is -4.08. The highest BCUT2D eigenvalue weighted by Gasteiger charge is 2.32. The van der Waals surface area contributed by atoms with Crippen LogP contribution in [-0.4, -0.2) is 44.8 Å². The van der Waals surface area contributed by atoms with E-state index in [2.05, 4.69) is 5.32 Å². The lowest BCUT2D eigenvalue weighted by atomic mass is 10.1. The van der Waals surface area contributed by atoms with Crippen LogP contribution in [0.4, 0.5) is 5.69 Å². The number of hydrogen-bond acceptors (Lipinski definition) is 4. The second-order valence-corrected chi connectivity index (χ2v) is 10.5. The normalized spacial score (nSPS) is 12.0. The first-order chi connectivity index (χ1) is 17.2. The van der Waals surface area contributed by atoms with Crippen LogP contribution in [0.15, 0.2) is 83.8 Å². The molecule has 2 amide bonds. The molecule has 0 aliphatic heterocycles. The van der Waals surface area contributed by atoms with Crippen molar-refractivity contribution in [2.24, 2.45) is 0 Å². The monoisotopic (exact) mass is 527 g/mol. The number of halogens is 1. The van der Waals surface area contributed by atoms with Crippen LogP contribution in [0.5, 0.6) is 0 Å². The van der Waals surface area contributed by atoms with Crippen molar-refractivity contribution in [3.05, 3.63) is 95.0 Å². The molecular weight excluding hydrogens is 498 g/mol. The highest BCUT2D eigenvalue weighted by molar-refractivity contribution is 7.92. The van der Waals surface area contributed by atoms with E-state index in [1.807, 2.05) is 19.1 Å². The molecule has 0 aliphatic rings. The first kappa shape index (κ1) is 27.2. The fraction of sp³-hybridized carbons (Fsp3) is 0.259. The summed E-state index contributed by atoms with van der Waals surface area (Å²) in [5, 5.41) is 3.00. The number of carbonyl (C=O) groups is 2. The van der Waals surface area contributed by atoms with Crippen molar-refractivity contribution in [2.45, 2.75) is 37.8 Å². The van der Waals surface area contributed by atoms with Gasteiger partial charge in [0.05, 0.1) is 10.6 Å². The van der Waals surface area contributed by atoms with E-state index < -0.39 is 28.5 Å². The van der Waals surface area contributed by atoms with Gasteiger partial charge in [-0.25, -0.2) is 8.42 Å². The van der Waals surface area contributed by atoms with Crippen molar-refractivity contribution in [1.29, 1.82) is 0 Å². The van der Waals surface area contributed by atoms with E-state index in [0.29, 0.717) is 16.3 Å². The molecular formula is C27H30ClN3O4S. The quantitative estimate of drug-likeness (QED) is 0.427. The van der Waals surface area contributed by atoms with Gasteiger partial charge in [0.25, 0.3) is 10.0 Å². The molecule has 1 N–H and O–H groups in total. The smallest absolute Gasteiger partial charge is 0.264 e. The van der Waals surface area contributed by atoms with Crippen LogP contribution in [-0.2, 0) is 32.6 Å². The van der Waals surface area contributed by atoms with Crippen LogP contribution in [0.25, 0.3) is 0 Å². The zero-order chi connectivity index (χ0) is 26.3. The van der Waals surface area contributed by atoms with Gasteiger partial charge in [-0.15, -0.1) is 0 Å². The lowest BCUT2D eigenvalue weighted by Crippen LogP contribution is -2.50. The SMILES string of the molecule is CCc1ccc(N(CC(=O)N(Cc2ccccc2Cl)[C@@H](C)C(=O)NC)S(=O)(=O)c2ccccc2)cc1. The zero-order valence-corrected chi connectivity index (χ0v) is 22.1. The Morgan fingerprint density at radius 1 is 0.944 bits per heavy atom. The van der Waals surface area contributed by atoms with Crippen molar-refractivity contribution in [3.63, 3.8) is 0 Å². The highest BCUT2D eigenvalue weighted by Crippen LogP contribution is 2.25. The summed E-state index contributed by atoms with van der Waals surface area (Å²) in [7, 11) is -2.59. The fourth-order valence-corrected chi connectivity index (χ4v) is 5.38. The second kappa shape index (κ2) is 12.1. The van der Waals surface area contributed by atoms with Crippen LogP contribution in [0.1, 0.15) is 25.0 Å². The molecule has 36 heavy (non-hydrogen) atoms. The molecule has 0 aromatic heterocycles. The van der Waals surface area contributed by atoms with Gasteiger partial charge in [0.2, 0.25) is 11.8 Å². The van der Waals surface area contributed by atoms with Crippen molar-refractivity contribution in [2.75, 3.05) is 17.9 Å². The minimum absolute atomic E-state index is 0.0427. The maximum Gasteiger partial charge on any atom is 0.264 e. The molecule has 0 saturated carbocycles. The molecule has 1 atom stereocenters. The standard InChI is InChI=1S/C27H30ClN3O4S/c1-4-21-14-16-23(17-15-21)31(36(34,35)24-11-6-5-7-12-24)19-26(32)30(20(2)27(33)29-3)18-22-10-8-9-13-25(22)28/h5-17,20H,4,18-19H2,1-3H3,(H,29,33)/t20-/m0/s1. The van der Waals surface area contributed by atoms with Crippen molar-refractivity contribution < 1.29 is 18.0 Å². The van der Waals surface area contributed by atoms with Crippen LogP contribution < -0.4 is 9.62 Å². The number of carbonyl (C=O) groups excluding carboxylic acids is 2. The molecule has 0 spiro atoms. The number of hydrogen-bond donors (Lipinski definition) is 1. The minimum Gasteiger partial charge on any atom is -0.357 e. The molecule has 7 nitrogen and oxygen atoms in total. The summed E-state index contributed by atoms with van der Waals surface area (Å²) in [6.07, 6.45) is 0.792. The van der Waals surface area contributed by atoms with Crippen LogP contribution in [0, 0.1) is 0 Å². The summed E-state index contributed by atoms with van der Waals surface area (Å²) >= 11 is 6.33. The number of nitrogens with one attached hydrogen (secondary N) is 1. The lowest BCUT2D eigenvalue weighted by molar-refractivity contribution is -0.139. The zero-order valence-electron chi connectivity index (χ0n) is 20.5. The van der Waals surface area contributed by atoms with Gasteiger partial charge in [-0.2, -0.15) is 0 Å². The van der Waals surface area contributed by atoms with Gasteiger partial charge in [-0.3, -0.25) is 13.9 Å². The molecule has 0 aliphatic carbocycles. The highest BCUT2D eigenvalue weighted by atomic mass is 35.5. The molecule has 0 radical (unpaired) electrons. The Hall–Kier alpha value is -3.36. The fourth-order valence-electron chi connectivity index (χ4n) is 3.75. The number of benzene rings is 3. The summed E-state index contributed by atoms with van der Waals surface area (Å²) in [6.45, 7) is 3.15. The van der Waals surface area contributed by atoms with E-state index in [0.717, 1.165) is 16.3 Å². The number of rotatable bonds is 10. The van der Waals surface area contributed by atoms with Gasteiger partial charge >= 0.3 is 0 Å². The van der Waals surface area contributed by atoms with E-state index in [1.165, 1.54) is 24.1 Å². The van der Waals surface area contributed by atoms with Crippen LogP contribution >= 0.6 is 11.6 Å². The topological polar surface area (TPSA) is 86.8 Å². The molecule has 3 aromatic rings. The predicted molar refractivity (Wildman–Crippen MR) is 142 cm³/mol. The first-order valence-corrected chi connectivity index (χ1v) is 13.4. The van der Waals surface area contributed by atoms with Gasteiger partial charge in [0.1, 0.15) is 12.6 Å². The third-order valence-corrected chi connectivity index (χ3v) is 8.11. The van der Waals surface area contributed by atoms with Gasteiger partial charge in [-0.05, 0) is 54.8 Å². The Morgan fingerprint density at radius 3 is 2.14 bits per heavy atom. The maximum absolute atomic E-state index is 13.7. The van der Waals surface area contributed by atoms with Crippen LogP contribution in [0.2, 0.25) is 5.02 Å².